The highest BCUT2D eigenvalue weighted by atomic mass is 35.5. The van der Waals surface area contributed by atoms with E-state index in [9.17, 15) is 0 Å². The molecule has 0 unspecified atom stereocenters. The van der Waals surface area contributed by atoms with Crippen molar-refractivity contribution in [3.63, 3.8) is 0 Å². The lowest BCUT2D eigenvalue weighted by Crippen LogP contribution is -2.38. The number of hydrogen-bond acceptors (Lipinski definition) is 2. The van der Waals surface area contributed by atoms with E-state index < -0.39 is 0 Å². The number of nitrogens with zero attached hydrogens (tertiary/aromatic N) is 1. The van der Waals surface area contributed by atoms with Gasteiger partial charge in [0.05, 0.1) is 0 Å². The van der Waals surface area contributed by atoms with Crippen molar-refractivity contribution in [1.29, 1.82) is 0 Å². The predicted octanol–water partition coefficient (Wildman–Crippen LogP) is 3.09. The summed E-state index contributed by atoms with van der Waals surface area (Å²) >= 11 is 0. The first-order chi connectivity index (χ1) is 7.34. The van der Waals surface area contributed by atoms with Gasteiger partial charge in [0.15, 0.2) is 0 Å². The molecule has 1 N–H and O–H groups in total. The van der Waals surface area contributed by atoms with Gasteiger partial charge in [0.25, 0.3) is 0 Å². The Kier molecular flexibility index (Phi) is 9.71. The van der Waals surface area contributed by atoms with E-state index in [-0.39, 0.29) is 24.8 Å². The highest BCUT2D eigenvalue weighted by Gasteiger charge is 2.18. The molecule has 2 aliphatic rings. The lowest BCUT2D eigenvalue weighted by atomic mass is 9.87. The fourth-order valence-electron chi connectivity index (χ4n) is 2.90. The summed E-state index contributed by atoms with van der Waals surface area (Å²) in [7, 11) is 0. The van der Waals surface area contributed by atoms with Crippen LogP contribution in [0.2, 0.25) is 0 Å². The van der Waals surface area contributed by atoms with Crippen LogP contribution in [0.5, 0.6) is 0 Å². The average Bonchev–Trinajstić information content (AvgIpc) is 2.74. The van der Waals surface area contributed by atoms with E-state index >= 15 is 0 Å². The lowest BCUT2D eigenvalue weighted by Gasteiger charge is -2.27. The fraction of sp³-hybridized carbons (Fsp3) is 1.00. The van der Waals surface area contributed by atoms with E-state index in [0.717, 1.165) is 12.0 Å². The third-order valence-electron chi connectivity index (χ3n) is 4.08. The first kappa shape index (κ1) is 17.5. The third-order valence-corrected chi connectivity index (χ3v) is 4.08. The van der Waals surface area contributed by atoms with Crippen LogP contribution in [-0.4, -0.2) is 37.1 Å². The average molecular weight is 283 g/mol. The predicted molar refractivity (Wildman–Crippen MR) is 79.6 cm³/mol. The molecule has 4 heteroatoms. The van der Waals surface area contributed by atoms with Crippen molar-refractivity contribution in [2.75, 3.05) is 26.2 Å². The molecule has 0 amide bonds. The smallest absolute Gasteiger partial charge is 0.0107 e. The summed E-state index contributed by atoms with van der Waals surface area (Å²) in [5, 5.41) is 3.73. The zero-order valence-corrected chi connectivity index (χ0v) is 12.6. The highest BCUT2D eigenvalue weighted by molar-refractivity contribution is 5.85. The van der Waals surface area contributed by atoms with E-state index in [1.54, 1.807) is 0 Å². The summed E-state index contributed by atoms with van der Waals surface area (Å²) in [5.41, 5.74) is 0. The first-order valence-corrected chi connectivity index (χ1v) is 6.80. The van der Waals surface area contributed by atoms with Gasteiger partial charge in [0, 0.05) is 19.1 Å². The quantitative estimate of drug-likeness (QED) is 0.853. The van der Waals surface area contributed by atoms with E-state index in [0.29, 0.717) is 0 Å². The molecular formula is C13H28Cl2N2. The number of halogens is 2. The van der Waals surface area contributed by atoms with E-state index in [4.69, 9.17) is 0 Å². The van der Waals surface area contributed by atoms with Crippen molar-refractivity contribution >= 4 is 24.8 Å². The summed E-state index contributed by atoms with van der Waals surface area (Å²) in [6.45, 7) is 7.54. The first-order valence-electron chi connectivity index (χ1n) is 6.80. The second-order valence-electron chi connectivity index (χ2n) is 5.46. The van der Waals surface area contributed by atoms with Gasteiger partial charge in [-0.15, -0.1) is 24.8 Å². The Morgan fingerprint density at radius 1 is 1.00 bits per heavy atom. The minimum absolute atomic E-state index is 0. The maximum Gasteiger partial charge on any atom is 0.0107 e. The van der Waals surface area contributed by atoms with Gasteiger partial charge in [0.1, 0.15) is 0 Å². The van der Waals surface area contributed by atoms with Crippen LogP contribution in [0.4, 0.5) is 0 Å². The Bertz CT molecular complexity index is 176. The molecular weight excluding hydrogens is 255 g/mol. The van der Waals surface area contributed by atoms with Gasteiger partial charge in [-0.25, -0.2) is 0 Å². The van der Waals surface area contributed by atoms with Crippen LogP contribution in [0.15, 0.2) is 0 Å². The van der Waals surface area contributed by atoms with Crippen LogP contribution in [0.1, 0.15) is 45.4 Å². The van der Waals surface area contributed by atoms with Gasteiger partial charge in [-0.1, -0.05) is 6.92 Å². The van der Waals surface area contributed by atoms with Crippen LogP contribution in [-0.2, 0) is 0 Å². The molecule has 0 aromatic heterocycles. The van der Waals surface area contributed by atoms with Crippen LogP contribution in [0.25, 0.3) is 0 Å². The van der Waals surface area contributed by atoms with E-state index in [2.05, 4.69) is 17.1 Å². The Hall–Kier alpha value is 0.500. The van der Waals surface area contributed by atoms with Crippen LogP contribution >= 0.6 is 24.8 Å². The van der Waals surface area contributed by atoms with Gasteiger partial charge in [-0.2, -0.15) is 0 Å². The van der Waals surface area contributed by atoms with Crippen molar-refractivity contribution in [2.45, 2.75) is 51.5 Å². The Balaban J connectivity index is 0.00000128. The van der Waals surface area contributed by atoms with Crippen molar-refractivity contribution in [2.24, 2.45) is 5.92 Å². The highest BCUT2D eigenvalue weighted by Crippen LogP contribution is 2.23. The monoisotopic (exact) mass is 282 g/mol. The molecule has 0 aromatic rings. The van der Waals surface area contributed by atoms with E-state index in [1.807, 2.05) is 0 Å². The van der Waals surface area contributed by atoms with Crippen molar-refractivity contribution in [1.82, 2.24) is 10.2 Å². The second-order valence-corrected chi connectivity index (χ2v) is 5.46. The van der Waals surface area contributed by atoms with Crippen LogP contribution < -0.4 is 5.32 Å². The normalized spacial score (nSPS) is 29.5. The molecule has 1 aliphatic carbocycles. The molecule has 0 spiro atoms. The molecule has 0 radical (unpaired) electrons. The number of nitrogens with one attached hydrogen (secondary N) is 1. The zero-order chi connectivity index (χ0) is 10.5. The summed E-state index contributed by atoms with van der Waals surface area (Å²) in [6.07, 6.45) is 8.51. The number of hydrogen-bond donors (Lipinski definition) is 1. The zero-order valence-electron chi connectivity index (χ0n) is 11.0. The molecule has 17 heavy (non-hydrogen) atoms. The molecule has 1 saturated carbocycles. The third kappa shape index (κ3) is 6.28. The molecule has 0 bridgehead atoms. The fourth-order valence-corrected chi connectivity index (χ4v) is 2.90. The minimum atomic E-state index is 0. The van der Waals surface area contributed by atoms with Crippen molar-refractivity contribution in [3.05, 3.63) is 0 Å². The van der Waals surface area contributed by atoms with Gasteiger partial charge >= 0.3 is 0 Å². The molecule has 2 rings (SSSR count). The SMILES string of the molecule is CC1CCC(NCCN2CCCC2)CC1.Cl.Cl. The summed E-state index contributed by atoms with van der Waals surface area (Å²) in [6, 6.07) is 0.823. The van der Waals surface area contributed by atoms with Gasteiger partial charge < -0.3 is 10.2 Å². The largest absolute Gasteiger partial charge is 0.313 e. The Morgan fingerprint density at radius 3 is 2.18 bits per heavy atom. The molecule has 104 valence electrons. The summed E-state index contributed by atoms with van der Waals surface area (Å²) < 4.78 is 0. The Morgan fingerprint density at radius 2 is 1.59 bits per heavy atom. The van der Waals surface area contributed by atoms with Crippen molar-refractivity contribution < 1.29 is 0 Å². The molecule has 0 aromatic carbocycles. The van der Waals surface area contributed by atoms with Gasteiger partial charge in [-0.05, 0) is 57.5 Å². The number of rotatable bonds is 4. The summed E-state index contributed by atoms with van der Waals surface area (Å²) in [5.74, 6) is 0.974. The summed E-state index contributed by atoms with van der Waals surface area (Å²) in [4.78, 5) is 2.60. The molecule has 1 aliphatic heterocycles. The Labute approximate surface area is 119 Å². The van der Waals surface area contributed by atoms with Gasteiger partial charge in [0.2, 0.25) is 0 Å². The number of likely N-dealkylation sites (tertiary alicyclic amines) is 1. The van der Waals surface area contributed by atoms with Crippen LogP contribution in [0.3, 0.4) is 0 Å². The minimum Gasteiger partial charge on any atom is -0.313 e. The van der Waals surface area contributed by atoms with Crippen LogP contribution in [0, 0.1) is 5.92 Å². The lowest BCUT2D eigenvalue weighted by molar-refractivity contribution is 0.283. The topological polar surface area (TPSA) is 15.3 Å². The van der Waals surface area contributed by atoms with Crippen molar-refractivity contribution in [3.8, 4) is 0 Å². The maximum absolute atomic E-state index is 3.73. The molecule has 1 saturated heterocycles. The standard InChI is InChI=1S/C13H26N2.2ClH/c1-12-4-6-13(7-5-12)14-8-11-15-9-2-3-10-15;;/h12-14H,2-11H2,1H3;2*1H. The van der Waals surface area contributed by atoms with E-state index in [1.165, 1.54) is 64.7 Å². The molecule has 2 fully saturated rings. The van der Waals surface area contributed by atoms with Gasteiger partial charge in [-0.3, -0.25) is 0 Å². The maximum atomic E-state index is 3.73. The molecule has 2 nitrogen and oxygen atoms in total. The molecule has 0 atom stereocenters. The molecule has 1 heterocycles. The second kappa shape index (κ2) is 9.43.